The molecule has 1 aromatic heterocycles. The molecule has 2 aromatic rings. The maximum Gasteiger partial charge on any atom is 0.220 e. The number of thioether (sulfide) groups is 1. The van der Waals surface area contributed by atoms with Gasteiger partial charge in [0, 0.05) is 52.8 Å². The first-order chi connectivity index (χ1) is 12.9. The fraction of sp³-hybridized carbons (Fsp3) is 0.350. The van der Waals surface area contributed by atoms with E-state index in [0.717, 1.165) is 15.5 Å². The topological polar surface area (TPSA) is 63.2 Å². The Bertz CT molecular complexity index is 787. The molecule has 0 aliphatic heterocycles. The Morgan fingerprint density at radius 1 is 1.00 bits per heavy atom. The first-order valence-corrected chi connectivity index (χ1v) is 10.9. The Kier molecular flexibility index (Phi) is 9.04. The number of nitrogens with one attached hydrogen (secondary N) is 1. The second-order valence-electron chi connectivity index (χ2n) is 6.02. The zero-order valence-corrected chi connectivity index (χ0v) is 17.5. The van der Waals surface area contributed by atoms with Gasteiger partial charge in [-0.1, -0.05) is 11.6 Å². The number of Topliss-reactive ketones (excluding diaryl/α,β-unsaturated/α-hetero) is 2. The third-order valence-electron chi connectivity index (χ3n) is 3.78. The molecule has 0 fully saturated rings. The number of carbonyl (C=O) groups excluding carboxylic acids is 3. The van der Waals surface area contributed by atoms with Crippen LogP contribution < -0.4 is 5.32 Å². The van der Waals surface area contributed by atoms with Crippen molar-refractivity contribution in [3.63, 3.8) is 0 Å². The summed E-state index contributed by atoms with van der Waals surface area (Å²) in [6.45, 7) is 2.48. The largest absolute Gasteiger partial charge is 0.355 e. The molecule has 0 saturated heterocycles. The Morgan fingerprint density at radius 2 is 1.70 bits per heavy atom. The van der Waals surface area contributed by atoms with Crippen LogP contribution in [0.3, 0.4) is 0 Å². The van der Waals surface area contributed by atoms with E-state index in [1.54, 1.807) is 17.8 Å². The third-order valence-corrected chi connectivity index (χ3v) is 6.09. The molecule has 4 nitrogen and oxygen atoms in total. The van der Waals surface area contributed by atoms with Crippen molar-refractivity contribution in [2.24, 2.45) is 0 Å². The van der Waals surface area contributed by atoms with E-state index in [9.17, 15) is 14.4 Å². The molecule has 1 amide bonds. The van der Waals surface area contributed by atoms with Crippen molar-refractivity contribution in [2.75, 3.05) is 12.3 Å². The minimum absolute atomic E-state index is 0.00914. The molecule has 0 atom stereocenters. The van der Waals surface area contributed by atoms with Gasteiger partial charge >= 0.3 is 0 Å². The van der Waals surface area contributed by atoms with Crippen LogP contribution in [-0.2, 0) is 9.59 Å². The summed E-state index contributed by atoms with van der Waals surface area (Å²) >= 11 is 8.91. The van der Waals surface area contributed by atoms with Crippen LogP contribution in [0.2, 0.25) is 5.02 Å². The summed E-state index contributed by atoms with van der Waals surface area (Å²) in [5.41, 5.74) is 0. The van der Waals surface area contributed by atoms with Crippen LogP contribution in [0, 0.1) is 6.92 Å². The highest BCUT2D eigenvalue weighted by molar-refractivity contribution is 7.99. The highest BCUT2D eigenvalue weighted by Gasteiger charge is 2.12. The Morgan fingerprint density at radius 3 is 2.37 bits per heavy atom. The number of hydrogen-bond donors (Lipinski definition) is 1. The van der Waals surface area contributed by atoms with Gasteiger partial charge in [-0.25, -0.2) is 0 Å². The van der Waals surface area contributed by atoms with Crippen molar-refractivity contribution in [2.45, 2.75) is 37.5 Å². The lowest BCUT2D eigenvalue weighted by Crippen LogP contribution is -2.26. The summed E-state index contributed by atoms with van der Waals surface area (Å²) < 4.78 is 0. The van der Waals surface area contributed by atoms with Crippen molar-refractivity contribution in [3.05, 3.63) is 51.2 Å². The number of ketones is 2. The number of benzene rings is 1. The zero-order valence-electron chi connectivity index (χ0n) is 15.1. The average molecular weight is 424 g/mol. The first-order valence-electron chi connectivity index (χ1n) is 8.70. The summed E-state index contributed by atoms with van der Waals surface area (Å²) in [7, 11) is 0. The average Bonchev–Trinajstić information content (AvgIpc) is 3.09. The van der Waals surface area contributed by atoms with Crippen molar-refractivity contribution in [1.82, 2.24) is 5.32 Å². The van der Waals surface area contributed by atoms with Gasteiger partial charge in [0.25, 0.3) is 0 Å². The summed E-state index contributed by atoms with van der Waals surface area (Å²) in [5, 5.41) is 3.51. The van der Waals surface area contributed by atoms with Gasteiger partial charge in [0.1, 0.15) is 5.78 Å². The van der Waals surface area contributed by atoms with Gasteiger partial charge in [-0.2, -0.15) is 0 Å². The number of aryl methyl sites for hydroxylation is 1. The Balaban J connectivity index is 1.55. The molecule has 7 heteroatoms. The van der Waals surface area contributed by atoms with Crippen LogP contribution in [0.1, 0.15) is 40.2 Å². The molecule has 0 unspecified atom stereocenters. The van der Waals surface area contributed by atoms with Gasteiger partial charge < -0.3 is 5.32 Å². The van der Waals surface area contributed by atoms with E-state index in [4.69, 9.17) is 11.6 Å². The lowest BCUT2D eigenvalue weighted by atomic mass is 10.1. The fourth-order valence-electron chi connectivity index (χ4n) is 2.32. The minimum Gasteiger partial charge on any atom is -0.355 e. The summed E-state index contributed by atoms with van der Waals surface area (Å²) in [5.74, 6) is 0.545. The maximum absolute atomic E-state index is 12.0. The van der Waals surface area contributed by atoms with E-state index in [2.05, 4.69) is 5.32 Å². The van der Waals surface area contributed by atoms with Gasteiger partial charge in [0.15, 0.2) is 5.78 Å². The van der Waals surface area contributed by atoms with E-state index in [-0.39, 0.29) is 43.2 Å². The molecule has 0 aliphatic rings. The second kappa shape index (κ2) is 11.3. The number of halogens is 1. The highest BCUT2D eigenvalue weighted by Crippen LogP contribution is 2.20. The van der Waals surface area contributed by atoms with E-state index in [1.165, 1.54) is 11.3 Å². The molecule has 0 aliphatic carbocycles. The predicted octanol–water partition coefficient (Wildman–Crippen LogP) is 4.93. The molecule has 144 valence electrons. The first kappa shape index (κ1) is 21.7. The van der Waals surface area contributed by atoms with Gasteiger partial charge in [-0.05, 0) is 43.3 Å². The number of hydrogen-bond acceptors (Lipinski definition) is 5. The summed E-state index contributed by atoms with van der Waals surface area (Å²) in [6.07, 6.45) is 0.733. The minimum atomic E-state index is -0.139. The monoisotopic (exact) mass is 423 g/mol. The zero-order chi connectivity index (χ0) is 19.6. The molecule has 1 heterocycles. The normalized spacial score (nSPS) is 10.6. The standard InChI is InChI=1S/C20H22ClNO3S2/c1-14-2-10-19(27-14)18(24)9-5-16(23)6-11-20(25)22-12-13-26-17-7-3-15(21)4-8-17/h2-4,7-8,10H,5-6,9,11-13H2,1H3,(H,22,25). The lowest BCUT2D eigenvalue weighted by Gasteiger charge is -2.05. The molecular formula is C20H22ClNO3S2. The van der Waals surface area contributed by atoms with Crippen LogP contribution in [-0.4, -0.2) is 29.8 Å². The van der Waals surface area contributed by atoms with E-state index in [0.29, 0.717) is 16.4 Å². The van der Waals surface area contributed by atoms with Crippen molar-refractivity contribution in [3.8, 4) is 0 Å². The van der Waals surface area contributed by atoms with Gasteiger partial charge in [0.05, 0.1) is 4.88 Å². The van der Waals surface area contributed by atoms with Crippen LogP contribution in [0.5, 0.6) is 0 Å². The van der Waals surface area contributed by atoms with Crippen molar-refractivity contribution < 1.29 is 14.4 Å². The molecule has 1 N–H and O–H groups in total. The smallest absolute Gasteiger partial charge is 0.220 e. The maximum atomic E-state index is 12.0. The highest BCUT2D eigenvalue weighted by atomic mass is 35.5. The quantitative estimate of drug-likeness (QED) is 0.316. The van der Waals surface area contributed by atoms with E-state index < -0.39 is 0 Å². The number of amides is 1. The van der Waals surface area contributed by atoms with Gasteiger partial charge in [-0.3, -0.25) is 14.4 Å². The Hall–Kier alpha value is -1.63. The van der Waals surface area contributed by atoms with Gasteiger partial charge in [0.2, 0.25) is 5.91 Å². The van der Waals surface area contributed by atoms with Crippen LogP contribution in [0.4, 0.5) is 0 Å². The molecule has 0 spiro atoms. The third kappa shape index (κ3) is 8.28. The number of carbonyl (C=O) groups is 3. The second-order valence-corrected chi connectivity index (χ2v) is 8.92. The lowest BCUT2D eigenvalue weighted by molar-refractivity contribution is -0.125. The van der Waals surface area contributed by atoms with Gasteiger partial charge in [-0.15, -0.1) is 23.1 Å². The molecule has 0 bridgehead atoms. The van der Waals surface area contributed by atoms with Crippen LogP contribution >= 0.6 is 34.7 Å². The molecular weight excluding hydrogens is 402 g/mol. The molecule has 1 aromatic carbocycles. The number of rotatable bonds is 11. The number of thiophene rings is 1. The van der Waals surface area contributed by atoms with E-state index in [1.807, 2.05) is 37.3 Å². The fourth-order valence-corrected chi connectivity index (χ4v) is 4.05. The van der Waals surface area contributed by atoms with Crippen molar-refractivity contribution >= 4 is 52.2 Å². The van der Waals surface area contributed by atoms with E-state index >= 15 is 0 Å². The van der Waals surface area contributed by atoms with Crippen molar-refractivity contribution in [1.29, 1.82) is 0 Å². The summed E-state index contributed by atoms with van der Waals surface area (Å²) in [4.78, 5) is 38.5. The Labute approximate surface area is 172 Å². The molecule has 27 heavy (non-hydrogen) atoms. The van der Waals surface area contributed by atoms with Crippen LogP contribution in [0.15, 0.2) is 41.3 Å². The SMILES string of the molecule is Cc1ccc(C(=O)CCC(=O)CCC(=O)NCCSc2ccc(Cl)cc2)s1. The molecule has 0 radical (unpaired) electrons. The molecule has 0 saturated carbocycles. The predicted molar refractivity (Wildman–Crippen MR) is 112 cm³/mol. The summed E-state index contributed by atoms with van der Waals surface area (Å²) in [6, 6.07) is 11.2. The van der Waals surface area contributed by atoms with Crippen LogP contribution in [0.25, 0.3) is 0 Å². The molecule has 2 rings (SSSR count).